The van der Waals surface area contributed by atoms with E-state index < -0.39 is 0 Å². The summed E-state index contributed by atoms with van der Waals surface area (Å²) in [6.07, 6.45) is 3.13. The first-order chi connectivity index (χ1) is 14.6. The quantitative estimate of drug-likeness (QED) is 0.367. The number of benzene rings is 1. The number of hydrogen-bond donors (Lipinski definition) is 0. The van der Waals surface area contributed by atoms with Gasteiger partial charge in [0.05, 0.1) is 6.26 Å². The van der Waals surface area contributed by atoms with E-state index in [9.17, 15) is 15.3 Å². The minimum absolute atomic E-state index is 0.117. The van der Waals surface area contributed by atoms with Gasteiger partial charge in [-0.15, -0.1) is 0 Å². The van der Waals surface area contributed by atoms with Gasteiger partial charge in [-0.2, -0.15) is 15.5 Å². The van der Waals surface area contributed by atoms with Crippen molar-refractivity contribution in [3.05, 3.63) is 76.8 Å². The third kappa shape index (κ3) is 2.43. The first kappa shape index (κ1) is 17.5. The fraction of sp³-hybridized carbons (Fsp3) is 0.0435. The monoisotopic (exact) mass is 392 g/mol. The predicted octanol–water partition coefficient (Wildman–Crippen LogP) is 4.51. The van der Waals surface area contributed by atoms with Crippen molar-refractivity contribution in [2.24, 2.45) is 7.05 Å². The second kappa shape index (κ2) is 6.47. The molecule has 0 bridgehead atoms. The third-order valence-electron chi connectivity index (χ3n) is 5.06. The molecule has 7 nitrogen and oxygen atoms in total. The number of ketones is 1. The number of imidazole rings is 1. The van der Waals surface area contributed by atoms with E-state index in [0.29, 0.717) is 39.8 Å². The van der Waals surface area contributed by atoms with E-state index in [0.717, 1.165) is 5.52 Å². The van der Waals surface area contributed by atoms with Gasteiger partial charge < -0.3 is 13.4 Å². The van der Waals surface area contributed by atoms with Gasteiger partial charge in [-0.3, -0.25) is 4.79 Å². The molecule has 0 atom stereocenters. The standard InChI is InChI=1S/C23H12N4O3/c1-27-18-10-14(30-23(18)26-22(27)19-7-4-8-29-19)9-17-20(13(11-24)12-25)15-5-2-3-6-16(15)21(17)28/h2-10H,1H3/b17-9-. The van der Waals surface area contributed by atoms with Crippen LogP contribution in [0.4, 0.5) is 0 Å². The molecule has 142 valence electrons. The molecular formula is C23H12N4O3. The van der Waals surface area contributed by atoms with E-state index in [1.165, 1.54) is 0 Å². The van der Waals surface area contributed by atoms with Gasteiger partial charge >= 0.3 is 0 Å². The fourth-order valence-corrected chi connectivity index (χ4v) is 3.68. The van der Waals surface area contributed by atoms with E-state index in [2.05, 4.69) is 4.98 Å². The number of allylic oxidation sites excluding steroid dienone is 3. The number of aromatic nitrogens is 2. The number of Topliss-reactive ketones (excluding diaryl/α,β-unsaturated/α-hetero) is 1. The van der Waals surface area contributed by atoms with Crippen LogP contribution in [0.25, 0.3) is 34.5 Å². The molecular weight excluding hydrogens is 380 g/mol. The van der Waals surface area contributed by atoms with Crippen molar-refractivity contribution < 1.29 is 13.6 Å². The van der Waals surface area contributed by atoms with Crippen LogP contribution in [-0.2, 0) is 7.05 Å². The maximum Gasteiger partial charge on any atom is 0.245 e. The van der Waals surface area contributed by atoms with Crippen molar-refractivity contribution in [1.29, 1.82) is 10.5 Å². The number of carbonyl (C=O) groups is 1. The zero-order valence-corrected chi connectivity index (χ0v) is 15.7. The normalized spacial score (nSPS) is 14.2. The second-order valence-corrected chi connectivity index (χ2v) is 6.72. The second-order valence-electron chi connectivity index (χ2n) is 6.72. The van der Waals surface area contributed by atoms with Gasteiger partial charge in [0, 0.05) is 29.8 Å². The van der Waals surface area contributed by atoms with Crippen LogP contribution in [0.2, 0.25) is 0 Å². The zero-order valence-electron chi connectivity index (χ0n) is 15.7. The maximum atomic E-state index is 13.0. The number of nitrogens with zero attached hydrogens (tertiary/aromatic N) is 4. The van der Waals surface area contributed by atoms with Crippen LogP contribution >= 0.6 is 0 Å². The molecule has 0 saturated carbocycles. The summed E-state index contributed by atoms with van der Waals surface area (Å²) in [4.78, 5) is 17.4. The average molecular weight is 392 g/mol. The fourth-order valence-electron chi connectivity index (χ4n) is 3.68. The molecule has 0 aliphatic heterocycles. The van der Waals surface area contributed by atoms with E-state index in [1.807, 2.05) is 23.8 Å². The summed E-state index contributed by atoms with van der Waals surface area (Å²) in [5, 5.41) is 18.8. The maximum absolute atomic E-state index is 13.0. The van der Waals surface area contributed by atoms with Crippen molar-refractivity contribution in [1.82, 2.24) is 9.55 Å². The lowest BCUT2D eigenvalue weighted by atomic mass is 9.99. The molecule has 5 rings (SSSR count). The summed E-state index contributed by atoms with van der Waals surface area (Å²) in [5.74, 6) is 1.38. The number of furan rings is 2. The number of aryl methyl sites for hydroxylation is 1. The molecule has 0 N–H and O–H groups in total. The van der Waals surface area contributed by atoms with Crippen LogP contribution in [0.5, 0.6) is 0 Å². The number of fused-ring (bicyclic) bond motifs is 2. The molecule has 0 unspecified atom stereocenters. The Bertz CT molecular complexity index is 1470. The van der Waals surface area contributed by atoms with Crippen molar-refractivity contribution in [2.45, 2.75) is 0 Å². The minimum atomic E-state index is -0.256. The Morgan fingerprint density at radius 2 is 1.90 bits per heavy atom. The SMILES string of the molecule is Cn1c(-c2ccco2)nc2oc(/C=C3\C(=O)c4ccccc4C3=C(C#N)C#N)cc21. The molecule has 1 aliphatic carbocycles. The van der Waals surface area contributed by atoms with Gasteiger partial charge in [0.1, 0.15) is 29.0 Å². The Hall–Kier alpha value is -4.62. The Morgan fingerprint density at radius 3 is 2.57 bits per heavy atom. The van der Waals surface area contributed by atoms with Gasteiger partial charge in [0.2, 0.25) is 5.71 Å². The molecule has 7 heteroatoms. The molecule has 4 aromatic rings. The topological polar surface area (TPSA) is 109 Å². The predicted molar refractivity (Wildman–Crippen MR) is 108 cm³/mol. The first-order valence-corrected chi connectivity index (χ1v) is 9.03. The highest BCUT2D eigenvalue weighted by Gasteiger charge is 2.32. The Labute approximate surface area is 170 Å². The molecule has 0 spiro atoms. The van der Waals surface area contributed by atoms with Crippen molar-refractivity contribution in [3.63, 3.8) is 0 Å². The largest absolute Gasteiger partial charge is 0.461 e. The Balaban J connectivity index is 1.66. The lowest BCUT2D eigenvalue weighted by Crippen LogP contribution is -1.95. The number of rotatable bonds is 2. The summed E-state index contributed by atoms with van der Waals surface area (Å²) in [6, 6.07) is 16.1. The Morgan fingerprint density at radius 1 is 1.13 bits per heavy atom. The van der Waals surface area contributed by atoms with Crippen LogP contribution in [0, 0.1) is 22.7 Å². The average Bonchev–Trinajstić information content (AvgIpc) is 3.52. The van der Waals surface area contributed by atoms with Gasteiger partial charge in [0.25, 0.3) is 0 Å². The van der Waals surface area contributed by atoms with E-state index in [-0.39, 0.29) is 16.9 Å². The summed E-state index contributed by atoms with van der Waals surface area (Å²) < 4.78 is 13.1. The highest BCUT2D eigenvalue weighted by molar-refractivity contribution is 6.29. The molecule has 30 heavy (non-hydrogen) atoms. The van der Waals surface area contributed by atoms with Crippen LogP contribution in [-0.4, -0.2) is 15.3 Å². The van der Waals surface area contributed by atoms with E-state index in [1.54, 1.807) is 54.8 Å². The zero-order chi connectivity index (χ0) is 20.8. The highest BCUT2D eigenvalue weighted by atomic mass is 16.3. The lowest BCUT2D eigenvalue weighted by molar-refractivity contribution is 0.104. The van der Waals surface area contributed by atoms with Crippen LogP contribution in [0.15, 0.2) is 68.7 Å². The van der Waals surface area contributed by atoms with Crippen LogP contribution < -0.4 is 0 Å². The molecule has 0 amide bonds. The van der Waals surface area contributed by atoms with Gasteiger partial charge in [-0.25, -0.2) is 0 Å². The van der Waals surface area contributed by atoms with Gasteiger partial charge in [0.15, 0.2) is 17.4 Å². The highest BCUT2D eigenvalue weighted by Crippen LogP contribution is 2.40. The molecule has 0 fully saturated rings. The molecule has 3 aromatic heterocycles. The van der Waals surface area contributed by atoms with E-state index in [4.69, 9.17) is 8.83 Å². The number of carbonyl (C=O) groups excluding carboxylic acids is 1. The number of hydrogen-bond acceptors (Lipinski definition) is 6. The van der Waals surface area contributed by atoms with Crippen LogP contribution in [0.3, 0.4) is 0 Å². The van der Waals surface area contributed by atoms with Crippen molar-refractivity contribution in [3.8, 4) is 23.7 Å². The van der Waals surface area contributed by atoms with Crippen molar-refractivity contribution in [2.75, 3.05) is 0 Å². The summed E-state index contributed by atoms with van der Waals surface area (Å²) in [7, 11) is 1.84. The molecule has 1 aromatic carbocycles. The summed E-state index contributed by atoms with van der Waals surface area (Å²) in [5.41, 5.74) is 2.60. The molecule has 0 saturated heterocycles. The molecule has 1 aliphatic rings. The number of nitriles is 2. The summed E-state index contributed by atoms with van der Waals surface area (Å²) >= 11 is 0. The lowest BCUT2D eigenvalue weighted by Gasteiger charge is -2.01. The van der Waals surface area contributed by atoms with Crippen LogP contribution in [0.1, 0.15) is 21.7 Å². The third-order valence-corrected chi connectivity index (χ3v) is 5.06. The smallest absolute Gasteiger partial charge is 0.245 e. The minimum Gasteiger partial charge on any atom is -0.461 e. The molecule has 0 radical (unpaired) electrons. The Kier molecular flexibility index (Phi) is 3.77. The van der Waals surface area contributed by atoms with Crippen molar-refractivity contribution >= 4 is 28.7 Å². The first-order valence-electron chi connectivity index (χ1n) is 9.03. The van der Waals surface area contributed by atoms with E-state index >= 15 is 0 Å². The summed E-state index contributed by atoms with van der Waals surface area (Å²) in [6.45, 7) is 0. The molecule has 3 heterocycles. The van der Waals surface area contributed by atoms with Gasteiger partial charge in [-0.05, 0) is 23.8 Å². The van der Waals surface area contributed by atoms with Gasteiger partial charge in [-0.1, -0.05) is 24.3 Å².